The van der Waals surface area contributed by atoms with Gasteiger partial charge in [-0.25, -0.2) is 19.3 Å². The fourth-order valence-electron chi connectivity index (χ4n) is 3.16. The molecule has 3 heterocycles. The molecule has 27 heavy (non-hydrogen) atoms. The molecular formula is C18H18FN7O. The van der Waals surface area contributed by atoms with E-state index in [9.17, 15) is 9.18 Å². The highest BCUT2D eigenvalue weighted by Gasteiger charge is 2.29. The van der Waals surface area contributed by atoms with Crippen LogP contribution in [0.25, 0.3) is 22.6 Å². The molecule has 0 fully saturated rings. The summed E-state index contributed by atoms with van der Waals surface area (Å²) in [5, 5.41) is 9.48. The number of hydrogen-bond acceptors (Lipinski definition) is 6. The third-order valence-corrected chi connectivity index (χ3v) is 4.42. The summed E-state index contributed by atoms with van der Waals surface area (Å²) >= 11 is 0. The van der Waals surface area contributed by atoms with Crippen LogP contribution in [0.3, 0.4) is 0 Å². The number of anilines is 2. The number of amides is 1. The van der Waals surface area contributed by atoms with Crippen molar-refractivity contribution < 1.29 is 9.18 Å². The predicted octanol–water partition coefficient (Wildman–Crippen LogP) is 2.54. The number of carbonyl (C=O) groups is 1. The highest BCUT2D eigenvalue weighted by molar-refractivity contribution is 6.01. The first-order valence-electron chi connectivity index (χ1n) is 8.55. The number of aryl methyl sites for hydroxylation is 1. The van der Waals surface area contributed by atoms with E-state index in [0.29, 0.717) is 34.3 Å². The summed E-state index contributed by atoms with van der Waals surface area (Å²) in [6.45, 7) is 5.86. The van der Waals surface area contributed by atoms with Crippen LogP contribution in [0.2, 0.25) is 0 Å². The molecule has 138 valence electrons. The minimum atomic E-state index is -0.454. The summed E-state index contributed by atoms with van der Waals surface area (Å²) in [5.41, 5.74) is 2.21. The highest BCUT2D eigenvalue weighted by atomic mass is 19.1. The molecule has 0 unspecified atom stereocenters. The number of fused-ring (bicyclic) bond motifs is 1. The average Bonchev–Trinajstić information content (AvgIpc) is 3.16. The maximum Gasteiger partial charge on any atom is 0.247 e. The monoisotopic (exact) mass is 367 g/mol. The summed E-state index contributed by atoms with van der Waals surface area (Å²) < 4.78 is 14.7. The Hall–Kier alpha value is -3.36. The molecular weight excluding hydrogens is 349 g/mol. The standard InChI is InChI=1S/C18H18FN7O/c1-9(2)26-15(27)7-21-17-18(26)24-14(6-20-17)11-5-13(19)12(4-10(11)3)16-22-8-23-25-16/h4-6,8-9H,7H2,1-3H3,(H,20,21)(H,22,23,25). The van der Waals surface area contributed by atoms with Crippen molar-refractivity contribution in [2.24, 2.45) is 0 Å². The number of benzene rings is 1. The second kappa shape index (κ2) is 6.42. The molecule has 0 aliphatic carbocycles. The maximum absolute atomic E-state index is 14.7. The van der Waals surface area contributed by atoms with E-state index in [0.717, 1.165) is 5.56 Å². The zero-order chi connectivity index (χ0) is 19.1. The Balaban J connectivity index is 1.81. The fraction of sp³-hybridized carbons (Fsp3) is 0.278. The van der Waals surface area contributed by atoms with Crippen molar-refractivity contribution >= 4 is 17.5 Å². The van der Waals surface area contributed by atoms with Gasteiger partial charge in [0.1, 0.15) is 12.1 Å². The van der Waals surface area contributed by atoms with E-state index in [2.05, 4.69) is 30.5 Å². The molecule has 2 N–H and O–H groups in total. The molecule has 1 aliphatic heterocycles. The molecule has 9 heteroatoms. The van der Waals surface area contributed by atoms with Crippen LogP contribution in [0.4, 0.5) is 16.0 Å². The number of carbonyl (C=O) groups excluding carboxylic acids is 1. The Bertz CT molecular complexity index is 1020. The van der Waals surface area contributed by atoms with Gasteiger partial charge in [-0.05, 0) is 38.5 Å². The summed E-state index contributed by atoms with van der Waals surface area (Å²) in [7, 11) is 0. The first-order valence-corrected chi connectivity index (χ1v) is 8.55. The summed E-state index contributed by atoms with van der Waals surface area (Å²) in [6.07, 6.45) is 2.98. The van der Waals surface area contributed by atoms with Crippen LogP contribution in [0.5, 0.6) is 0 Å². The predicted molar refractivity (Wildman–Crippen MR) is 98.7 cm³/mol. The Kier molecular flexibility index (Phi) is 4.06. The van der Waals surface area contributed by atoms with Crippen LogP contribution in [0.15, 0.2) is 24.7 Å². The number of H-pyrrole nitrogens is 1. The van der Waals surface area contributed by atoms with Crippen molar-refractivity contribution in [2.75, 3.05) is 16.8 Å². The molecule has 0 bridgehead atoms. The van der Waals surface area contributed by atoms with E-state index in [1.807, 2.05) is 20.8 Å². The Morgan fingerprint density at radius 2 is 2.04 bits per heavy atom. The van der Waals surface area contributed by atoms with Crippen LogP contribution < -0.4 is 10.2 Å². The van der Waals surface area contributed by atoms with Gasteiger partial charge in [0, 0.05) is 11.6 Å². The average molecular weight is 367 g/mol. The lowest BCUT2D eigenvalue weighted by Crippen LogP contribution is -2.45. The van der Waals surface area contributed by atoms with Gasteiger partial charge < -0.3 is 5.32 Å². The molecule has 1 amide bonds. The van der Waals surface area contributed by atoms with Gasteiger partial charge in [-0.2, -0.15) is 5.10 Å². The molecule has 0 atom stereocenters. The third-order valence-electron chi connectivity index (χ3n) is 4.42. The van der Waals surface area contributed by atoms with Crippen molar-refractivity contribution in [3.05, 3.63) is 36.0 Å². The van der Waals surface area contributed by atoms with Gasteiger partial charge >= 0.3 is 0 Å². The molecule has 0 spiro atoms. The molecule has 1 aromatic carbocycles. The smallest absolute Gasteiger partial charge is 0.247 e. The quantitative estimate of drug-likeness (QED) is 0.738. The fourth-order valence-corrected chi connectivity index (χ4v) is 3.16. The number of rotatable bonds is 3. The van der Waals surface area contributed by atoms with E-state index in [4.69, 9.17) is 0 Å². The van der Waals surface area contributed by atoms with Crippen LogP contribution in [0.1, 0.15) is 19.4 Å². The van der Waals surface area contributed by atoms with E-state index in [-0.39, 0.29) is 18.5 Å². The van der Waals surface area contributed by atoms with Crippen molar-refractivity contribution in [2.45, 2.75) is 26.8 Å². The molecule has 0 saturated carbocycles. The first-order chi connectivity index (χ1) is 13.0. The highest BCUT2D eigenvalue weighted by Crippen LogP contribution is 2.33. The van der Waals surface area contributed by atoms with Crippen LogP contribution in [-0.4, -0.2) is 43.6 Å². The first kappa shape index (κ1) is 17.1. The molecule has 8 nitrogen and oxygen atoms in total. The largest absolute Gasteiger partial charge is 0.358 e. The van der Waals surface area contributed by atoms with E-state index >= 15 is 0 Å². The van der Waals surface area contributed by atoms with Gasteiger partial charge in [-0.15, -0.1) is 0 Å². The maximum atomic E-state index is 14.7. The van der Waals surface area contributed by atoms with E-state index in [1.54, 1.807) is 17.2 Å². The topological polar surface area (TPSA) is 99.7 Å². The van der Waals surface area contributed by atoms with Crippen LogP contribution >= 0.6 is 0 Å². The molecule has 4 rings (SSSR count). The van der Waals surface area contributed by atoms with Gasteiger partial charge in [-0.3, -0.25) is 14.8 Å². The molecule has 2 aromatic heterocycles. The van der Waals surface area contributed by atoms with Gasteiger partial charge in [-0.1, -0.05) is 0 Å². The minimum Gasteiger partial charge on any atom is -0.358 e. The number of nitrogens with zero attached hydrogens (tertiary/aromatic N) is 5. The Morgan fingerprint density at radius 3 is 2.74 bits per heavy atom. The normalized spacial score (nSPS) is 13.7. The number of nitrogens with one attached hydrogen (secondary N) is 2. The van der Waals surface area contributed by atoms with Gasteiger partial charge in [0.15, 0.2) is 17.5 Å². The molecule has 0 saturated heterocycles. The molecule has 3 aromatic rings. The van der Waals surface area contributed by atoms with Gasteiger partial charge in [0.05, 0.1) is 24.0 Å². The Labute approximate surface area is 154 Å². The van der Waals surface area contributed by atoms with Gasteiger partial charge in [0.25, 0.3) is 0 Å². The SMILES string of the molecule is Cc1cc(-c2nc[nH]n2)c(F)cc1-c1cnc2c(n1)N(C(C)C)C(=O)CN2. The van der Waals surface area contributed by atoms with Crippen LogP contribution in [-0.2, 0) is 4.79 Å². The lowest BCUT2D eigenvalue weighted by atomic mass is 10.0. The van der Waals surface area contributed by atoms with E-state index < -0.39 is 5.82 Å². The third kappa shape index (κ3) is 2.90. The van der Waals surface area contributed by atoms with Crippen molar-refractivity contribution in [3.63, 3.8) is 0 Å². The molecule has 0 radical (unpaired) electrons. The summed E-state index contributed by atoms with van der Waals surface area (Å²) in [5.74, 6) is 0.759. The van der Waals surface area contributed by atoms with Crippen molar-refractivity contribution in [3.8, 4) is 22.6 Å². The lowest BCUT2D eigenvalue weighted by molar-refractivity contribution is -0.117. The number of hydrogen-bond donors (Lipinski definition) is 2. The lowest BCUT2D eigenvalue weighted by Gasteiger charge is -2.31. The zero-order valence-corrected chi connectivity index (χ0v) is 15.1. The second-order valence-electron chi connectivity index (χ2n) is 6.61. The number of halogens is 1. The van der Waals surface area contributed by atoms with Gasteiger partial charge in [0.2, 0.25) is 5.91 Å². The minimum absolute atomic E-state index is 0.0613. The summed E-state index contributed by atoms with van der Waals surface area (Å²) in [4.78, 5) is 26.9. The molecule has 1 aliphatic rings. The summed E-state index contributed by atoms with van der Waals surface area (Å²) in [6, 6.07) is 3.02. The number of aromatic amines is 1. The number of aromatic nitrogens is 5. The van der Waals surface area contributed by atoms with Crippen LogP contribution in [0, 0.1) is 12.7 Å². The van der Waals surface area contributed by atoms with E-state index in [1.165, 1.54) is 12.4 Å². The van der Waals surface area contributed by atoms with Crippen molar-refractivity contribution in [1.29, 1.82) is 0 Å². The van der Waals surface area contributed by atoms with Crippen molar-refractivity contribution in [1.82, 2.24) is 25.1 Å². The Morgan fingerprint density at radius 1 is 1.22 bits per heavy atom. The second-order valence-corrected chi connectivity index (χ2v) is 6.61. The zero-order valence-electron chi connectivity index (χ0n) is 15.1.